The summed E-state index contributed by atoms with van der Waals surface area (Å²) in [5.41, 5.74) is 0. The summed E-state index contributed by atoms with van der Waals surface area (Å²) in [6.45, 7) is 2.03. The van der Waals surface area contributed by atoms with Gasteiger partial charge in [-0.05, 0) is 6.42 Å². The molecule has 9 heteroatoms. The molecule has 0 fully saturated rings. The average molecular weight is 306 g/mol. The second-order valence-corrected chi connectivity index (χ2v) is 5.43. The number of unbranched alkanes of at least 4 members (excludes halogenated alkanes) is 3. The molecule has 0 rings (SSSR count). The minimum atomic E-state index is -4.76. The van der Waals surface area contributed by atoms with Crippen molar-refractivity contribution in [3.63, 3.8) is 0 Å². The zero-order chi connectivity index (χ0) is 14.2. The molecule has 1 unspecified atom stereocenters. The van der Waals surface area contributed by atoms with E-state index in [4.69, 9.17) is 9.66 Å². The van der Waals surface area contributed by atoms with Crippen molar-refractivity contribution >= 4 is 51.6 Å². The second kappa shape index (κ2) is 10.6. The number of aliphatic carboxylic acids is 1. The molecule has 0 aromatic heterocycles. The van der Waals surface area contributed by atoms with Crippen LogP contribution in [-0.2, 0) is 24.4 Å². The average Bonchev–Trinajstić information content (AvgIpc) is 2.23. The molecule has 0 spiro atoms. The van der Waals surface area contributed by atoms with E-state index in [-0.39, 0.29) is 36.2 Å². The number of rotatable bonds is 9. The molecule has 0 aromatic rings. The standard InChI is InChI=1S/C10H18O7S.Na.H/c1-2-3-4-5-6-17-10(13)8(7-9(11)12)18(14,15)16;;/h8H,2-7H2,1H3,(H,11,12)(H,14,15,16);;. The van der Waals surface area contributed by atoms with Crippen molar-refractivity contribution in [1.82, 2.24) is 0 Å². The molecule has 0 aliphatic rings. The predicted molar refractivity (Wildman–Crippen MR) is 69.8 cm³/mol. The molecule has 0 bridgehead atoms. The van der Waals surface area contributed by atoms with Crippen molar-refractivity contribution in [1.29, 1.82) is 0 Å². The van der Waals surface area contributed by atoms with Gasteiger partial charge in [0.15, 0.2) is 5.25 Å². The molecule has 19 heavy (non-hydrogen) atoms. The Balaban J connectivity index is 0. The van der Waals surface area contributed by atoms with Gasteiger partial charge >= 0.3 is 41.5 Å². The molecule has 0 amide bonds. The first-order valence-corrected chi connectivity index (χ1v) is 7.14. The van der Waals surface area contributed by atoms with Gasteiger partial charge in [0.05, 0.1) is 13.0 Å². The Kier molecular flexibility index (Phi) is 11.8. The van der Waals surface area contributed by atoms with Gasteiger partial charge in [0.2, 0.25) is 0 Å². The van der Waals surface area contributed by atoms with E-state index in [9.17, 15) is 18.0 Å². The molecule has 1 atom stereocenters. The van der Waals surface area contributed by atoms with Gasteiger partial charge in [-0.15, -0.1) is 0 Å². The Morgan fingerprint density at radius 2 is 1.79 bits per heavy atom. The third kappa shape index (κ3) is 10.3. The number of carbonyl (C=O) groups is 2. The maximum absolute atomic E-state index is 11.3. The fourth-order valence-electron chi connectivity index (χ4n) is 1.26. The van der Waals surface area contributed by atoms with Gasteiger partial charge in [-0.2, -0.15) is 8.42 Å². The zero-order valence-corrected chi connectivity index (χ0v) is 11.0. The van der Waals surface area contributed by atoms with E-state index in [0.29, 0.717) is 6.42 Å². The van der Waals surface area contributed by atoms with Crippen LogP contribution < -0.4 is 0 Å². The van der Waals surface area contributed by atoms with Gasteiger partial charge in [-0.1, -0.05) is 26.2 Å². The molecule has 0 aliphatic heterocycles. The molecule has 0 aromatic carbocycles. The van der Waals surface area contributed by atoms with E-state index in [2.05, 4.69) is 4.74 Å². The van der Waals surface area contributed by atoms with E-state index in [0.717, 1.165) is 19.3 Å². The van der Waals surface area contributed by atoms with Crippen molar-refractivity contribution in [2.75, 3.05) is 6.61 Å². The van der Waals surface area contributed by atoms with Gasteiger partial charge in [0.1, 0.15) is 0 Å². The van der Waals surface area contributed by atoms with Gasteiger partial charge in [0.25, 0.3) is 10.1 Å². The molecule has 0 heterocycles. The van der Waals surface area contributed by atoms with Crippen LogP contribution in [0.1, 0.15) is 39.0 Å². The Labute approximate surface area is 134 Å². The van der Waals surface area contributed by atoms with Gasteiger partial charge in [-0.3, -0.25) is 14.1 Å². The molecule has 0 radical (unpaired) electrons. The maximum atomic E-state index is 11.3. The number of hydrogen-bond acceptors (Lipinski definition) is 5. The quantitative estimate of drug-likeness (QED) is 0.270. The number of carbonyl (C=O) groups excluding carboxylic acids is 1. The number of carboxylic acid groups (broad SMARTS) is 1. The molecular formula is C10H19NaO7S. The Bertz CT molecular complexity index is 379. The van der Waals surface area contributed by atoms with Gasteiger partial charge in [0, 0.05) is 0 Å². The molecular weight excluding hydrogens is 287 g/mol. The zero-order valence-electron chi connectivity index (χ0n) is 10.2. The monoisotopic (exact) mass is 306 g/mol. The fourth-order valence-corrected chi connectivity index (χ4v) is 1.93. The third-order valence-corrected chi connectivity index (χ3v) is 3.30. The van der Waals surface area contributed by atoms with Crippen molar-refractivity contribution in [3.8, 4) is 0 Å². The fraction of sp³-hybridized carbons (Fsp3) is 0.800. The second-order valence-electron chi connectivity index (χ2n) is 3.83. The van der Waals surface area contributed by atoms with E-state index < -0.39 is 33.7 Å². The summed E-state index contributed by atoms with van der Waals surface area (Å²) in [6, 6.07) is 0. The molecule has 0 saturated carbocycles. The molecule has 7 nitrogen and oxygen atoms in total. The van der Waals surface area contributed by atoms with Crippen LogP contribution in [0, 0.1) is 0 Å². The summed E-state index contributed by atoms with van der Waals surface area (Å²) in [4.78, 5) is 21.7. The first-order valence-electron chi connectivity index (χ1n) is 5.63. The normalized spacial score (nSPS) is 12.3. The van der Waals surface area contributed by atoms with Crippen LogP contribution in [0.25, 0.3) is 0 Å². The van der Waals surface area contributed by atoms with Crippen molar-refractivity contribution in [2.24, 2.45) is 0 Å². The van der Waals surface area contributed by atoms with Gasteiger partial charge < -0.3 is 9.84 Å². The summed E-state index contributed by atoms with van der Waals surface area (Å²) in [6.07, 6.45) is 2.37. The summed E-state index contributed by atoms with van der Waals surface area (Å²) in [7, 11) is -4.76. The van der Waals surface area contributed by atoms with Crippen molar-refractivity contribution in [2.45, 2.75) is 44.3 Å². The first kappa shape index (κ1) is 21.2. The van der Waals surface area contributed by atoms with Crippen LogP contribution in [0.2, 0.25) is 0 Å². The van der Waals surface area contributed by atoms with Crippen molar-refractivity contribution in [3.05, 3.63) is 0 Å². The summed E-state index contributed by atoms with van der Waals surface area (Å²) in [5, 5.41) is 6.40. The number of esters is 1. The number of ether oxygens (including phenoxy) is 1. The summed E-state index contributed by atoms with van der Waals surface area (Å²) in [5.74, 6) is -2.73. The summed E-state index contributed by atoms with van der Waals surface area (Å²) < 4.78 is 35.1. The minimum absolute atomic E-state index is 0. The Morgan fingerprint density at radius 3 is 2.21 bits per heavy atom. The topological polar surface area (TPSA) is 118 Å². The van der Waals surface area contributed by atoms with Crippen LogP contribution in [0.4, 0.5) is 0 Å². The van der Waals surface area contributed by atoms with E-state index in [1.807, 2.05) is 6.92 Å². The van der Waals surface area contributed by atoms with Crippen molar-refractivity contribution < 1.29 is 32.4 Å². The van der Waals surface area contributed by atoms with Crippen LogP contribution in [0.15, 0.2) is 0 Å². The molecule has 108 valence electrons. The van der Waals surface area contributed by atoms with Gasteiger partial charge in [-0.25, -0.2) is 0 Å². The van der Waals surface area contributed by atoms with E-state index in [1.54, 1.807) is 0 Å². The predicted octanol–water partition coefficient (Wildman–Crippen LogP) is 0.193. The SMILES string of the molecule is CCCCCCOC(=O)C(CC(=O)O)S(=O)(=O)O.[NaH]. The third-order valence-electron chi connectivity index (χ3n) is 2.22. The number of hydrogen-bond donors (Lipinski definition) is 2. The van der Waals surface area contributed by atoms with Crippen LogP contribution in [-0.4, -0.2) is 71.4 Å². The molecule has 0 saturated heterocycles. The molecule has 2 N–H and O–H groups in total. The first-order chi connectivity index (χ1) is 8.29. The van der Waals surface area contributed by atoms with E-state index in [1.165, 1.54) is 0 Å². The van der Waals surface area contributed by atoms with Crippen LogP contribution in [0.3, 0.4) is 0 Å². The number of carboxylic acids is 1. The van der Waals surface area contributed by atoms with Crippen LogP contribution >= 0.6 is 0 Å². The Morgan fingerprint density at radius 1 is 1.21 bits per heavy atom. The van der Waals surface area contributed by atoms with E-state index >= 15 is 0 Å². The Hall–Kier alpha value is -0.150. The summed E-state index contributed by atoms with van der Waals surface area (Å²) >= 11 is 0. The van der Waals surface area contributed by atoms with Crippen LogP contribution in [0.5, 0.6) is 0 Å². The molecule has 0 aliphatic carbocycles.